The molecule has 6 heteroatoms. The largest absolute Gasteiger partial charge is 0.496 e. The normalized spacial score (nSPS) is 14.5. The molecule has 0 radical (unpaired) electrons. The molecule has 0 heterocycles. The number of hydrogen-bond acceptors (Lipinski definition) is 5. The van der Waals surface area contributed by atoms with Gasteiger partial charge in [-0.15, -0.1) is 11.8 Å². The molecule has 0 aromatic heterocycles. The van der Waals surface area contributed by atoms with E-state index in [0.717, 1.165) is 38.4 Å². The fourth-order valence-electron chi connectivity index (χ4n) is 2.75. The van der Waals surface area contributed by atoms with Crippen LogP contribution in [0.1, 0.15) is 27.9 Å². The van der Waals surface area contributed by atoms with Crippen LogP contribution in [0.5, 0.6) is 5.75 Å². The zero-order valence-corrected chi connectivity index (χ0v) is 15.7. The highest BCUT2D eigenvalue weighted by atomic mass is 79.9. The number of rotatable bonds is 4. The van der Waals surface area contributed by atoms with Gasteiger partial charge in [0.2, 0.25) is 0 Å². The van der Waals surface area contributed by atoms with Crippen LogP contribution in [0, 0.1) is 0 Å². The molecule has 0 bridgehead atoms. The van der Waals surface area contributed by atoms with Crippen molar-refractivity contribution in [3.63, 3.8) is 0 Å². The van der Waals surface area contributed by atoms with Gasteiger partial charge in [-0.05, 0) is 48.9 Å². The molecule has 0 saturated carbocycles. The quantitative estimate of drug-likeness (QED) is 0.420. The highest BCUT2D eigenvalue weighted by molar-refractivity contribution is 9.10. The highest BCUT2D eigenvalue weighted by Crippen LogP contribution is 2.36. The van der Waals surface area contributed by atoms with Gasteiger partial charge in [0.15, 0.2) is 0 Å². The number of ether oxygens (including phenoxy) is 1. The summed E-state index contributed by atoms with van der Waals surface area (Å²) in [5.74, 6) is 0.292. The predicted octanol–water partition coefficient (Wildman–Crippen LogP) is 4.69. The molecule has 24 heavy (non-hydrogen) atoms. The van der Waals surface area contributed by atoms with Gasteiger partial charge in [0.1, 0.15) is 5.75 Å². The van der Waals surface area contributed by atoms with Crippen molar-refractivity contribution in [1.82, 2.24) is 0 Å². The minimum atomic E-state index is -0.449. The Morgan fingerprint density at radius 3 is 2.75 bits per heavy atom. The van der Waals surface area contributed by atoms with Crippen molar-refractivity contribution < 1.29 is 14.4 Å². The third-order valence-corrected chi connectivity index (χ3v) is 5.44. The van der Waals surface area contributed by atoms with Crippen LogP contribution in [-0.4, -0.2) is 25.0 Å². The number of benzene rings is 2. The second-order valence-corrected chi connectivity index (χ2v) is 6.92. The Bertz CT molecular complexity index is 820. The summed E-state index contributed by atoms with van der Waals surface area (Å²) < 4.78 is 6.44. The average molecular weight is 406 g/mol. The third kappa shape index (κ3) is 3.21. The molecule has 0 unspecified atom stereocenters. The molecule has 0 spiro atoms. The van der Waals surface area contributed by atoms with E-state index in [-0.39, 0.29) is 0 Å². The van der Waals surface area contributed by atoms with Gasteiger partial charge >= 0.3 is 5.97 Å². The first-order valence-electron chi connectivity index (χ1n) is 7.42. The molecule has 0 fully saturated rings. The summed E-state index contributed by atoms with van der Waals surface area (Å²) in [4.78, 5) is 18.4. The lowest BCUT2D eigenvalue weighted by Gasteiger charge is -2.09. The second-order valence-electron chi connectivity index (χ2n) is 5.22. The summed E-state index contributed by atoms with van der Waals surface area (Å²) in [7, 11) is 1.63. The van der Waals surface area contributed by atoms with Gasteiger partial charge in [0, 0.05) is 14.9 Å². The van der Waals surface area contributed by atoms with Crippen molar-refractivity contribution in [2.24, 2.45) is 5.16 Å². The van der Waals surface area contributed by atoms with Crippen LogP contribution in [0.3, 0.4) is 0 Å². The molecule has 1 aliphatic carbocycles. The van der Waals surface area contributed by atoms with Crippen molar-refractivity contribution in [1.29, 1.82) is 0 Å². The number of fused-ring (bicyclic) bond motifs is 1. The van der Waals surface area contributed by atoms with E-state index in [1.807, 2.05) is 36.6 Å². The Morgan fingerprint density at radius 1 is 1.21 bits per heavy atom. The van der Waals surface area contributed by atoms with E-state index in [4.69, 9.17) is 9.57 Å². The van der Waals surface area contributed by atoms with Crippen LogP contribution in [0.4, 0.5) is 0 Å². The minimum Gasteiger partial charge on any atom is -0.496 e. The molecule has 4 nitrogen and oxygen atoms in total. The van der Waals surface area contributed by atoms with E-state index in [1.54, 1.807) is 13.2 Å². The first-order chi connectivity index (χ1) is 11.7. The van der Waals surface area contributed by atoms with Gasteiger partial charge in [-0.1, -0.05) is 33.2 Å². The highest BCUT2D eigenvalue weighted by Gasteiger charge is 2.25. The lowest BCUT2D eigenvalue weighted by Crippen LogP contribution is -2.06. The monoisotopic (exact) mass is 405 g/mol. The molecule has 124 valence electrons. The zero-order valence-electron chi connectivity index (χ0n) is 13.3. The van der Waals surface area contributed by atoms with Gasteiger partial charge in [0.05, 0.1) is 18.4 Å². The van der Waals surface area contributed by atoms with Gasteiger partial charge in [-0.25, -0.2) is 4.79 Å². The Balaban J connectivity index is 1.88. The number of halogens is 1. The summed E-state index contributed by atoms with van der Waals surface area (Å²) in [5.41, 5.74) is 3.30. The molecule has 2 aromatic carbocycles. The number of nitrogens with zero attached hydrogens (tertiary/aromatic N) is 1. The summed E-state index contributed by atoms with van der Waals surface area (Å²) >= 11 is 5.06. The van der Waals surface area contributed by atoms with E-state index < -0.39 is 5.97 Å². The van der Waals surface area contributed by atoms with Crippen molar-refractivity contribution in [3.05, 3.63) is 57.6 Å². The van der Waals surface area contributed by atoms with Gasteiger partial charge in [-0.3, -0.25) is 0 Å². The molecule has 1 aliphatic rings. The topological polar surface area (TPSA) is 47.9 Å². The first kappa shape index (κ1) is 17.0. The van der Waals surface area contributed by atoms with Crippen LogP contribution < -0.4 is 4.74 Å². The number of thioether (sulfide) groups is 1. The Kier molecular flexibility index (Phi) is 5.26. The number of carbonyl (C=O) groups excluding carboxylic acids is 1. The summed E-state index contributed by atoms with van der Waals surface area (Å²) in [6.45, 7) is 0. The number of hydrogen-bond donors (Lipinski definition) is 0. The number of methoxy groups -OCH3 is 1. The van der Waals surface area contributed by atoms with E-state index in [9.17, 15) is 4.79 Å². The molecule has 0 aliphatic heterocycles. The van der Waals surface area contributed by atoms with E-state index in [0.29, 0.717) is 12.0 Å². The van der Waals surface area contributed by atoms with Gasteiger partial charge in [-0.2, -0.15) is 0 Å². The maximum Gasteiger partial charge on any atom is 0.366 e. The van der Waals surface area contributed by atoms with E-state index >= 15 is 0 Å². The average Bonchev–Trinajstić information content (AvgIpc) is 3.05. The van der Waals surface area contributed by atoms with Crippen LogP contribution >= 0.6 is 27.7 Å². The molecule has 0 saturated heterocycles. The molecular formula is C18H16BrNO3S. The molecule has 0 N–H and O–H groups in total. The standard InChI is InChI=1S/C18H16BrNO3S/c1-22-15-10-8-13(19)11-7-9-14(17(11)15)20-23-18(21)12-5-3-4-6-16(12)24-2/h3-6,8,10H,7,9H2,1-2H3/b20-14-. The van der Waals surface area contributed by atoms with Gasteiger partial charge < -0.3 is 9.57 Å². The number of carbonyl (C=O) groups is 1. The summed E-state index contributed by atoms with van der Waals surface area (Å²) in [5, 5.41) is 4.12. The summed E-state index contributed by atoms with van der Waals surface area (Å²) in [6, 6.07) is 11.2. The Morgan fingerprint density at radius 2 is 2.00 bits per heavy atom. The summed E-state index contributed by atoms with van der Waals surface area (Å²) in [6.07, 6.45) is 3.48. The minimum absolute atomic E-state index is 0.449. The first-order valence-corrected chi connectivity index (χ1v) is 9.44. The lowest BCUT2D eigenvalue weighted by atomic mass is 10.1. The fraction of sp³-hybridized carbons (Fsp3) is 0.222. The predicted molar refractivity (Wildman–Crippen MR) is 99.2 cm³/mol. The van der Waals surface area contributed by atoms with Gasteiger partial charge in [0.25, 0.3) is 0 Å². The molecule has 0 amide bonds. The zero-order chi connectivity index (χ0) is 17.1. The molecule has 3 rings (SSSR count). The number of oxime groups is 1. The maximum absolute atomic E-state index is 12.3. The fourth-order valence-corrected chi connectivity index (χ4v) is 3.87. The Hall–Kier alpha value is -1.79. The second kappa shape index (κ2) is 7.40. The van der Waals surface area contributed by atoms with Crippen molar-refractivity contribution in [2.45, 2.75) is 17.7 Å². The van der Waals surface area contributed by atoms with Crippen LogP contribution in [0.25, 0.3) is 0 Å². The van der Waals surface area contributed by atoms with Crippen LogP contribution in [0.15, 0.2) is 50.9 Å². The SMILES string of the molecule is COc1ccc(Br)c2c1/C(=N\OC(=O)c1ccccc1SC)CC2. The van der Waals surface area contributed by atoms with Crippen molar-refractivity contribution >= 4 is 39.4 Å². The lowest BCUT2D eigenvalue weighted by molar-refractivity contribution is 0.0512. The van der Waals surface area contributed by atoms with E-state index in [1.165, 1.54) is 11.8 Å². The van der Waals surface area contributed by atoms with Crippen molar-refractivity contribution in [3.8, 4) is 5.75 Å². The molecular weight excluding hydrogens is 390 g/mol. The smallest absolute Gasteiger partial charge is 0.366 e. The van der Waals surface area contributed by atoms with Crippen LogP contribution in [0.2, 0.25) is 0 Å². The molecule has 2 aromatic rings. The molecule has 0 atom stereocenters. The maximum atomic E-state index is 12.3. The van der Waals surface area contributed by atoms with E-state index in [2.05, 4.69) is 21.1 Å². The Labute approximate surface area is 153 Å². The van der Waals surface area contributed by atoms with Crippen LogP contribution in [-0.2, 0) is 11.3 Å². The van der Waals surface area contributed by atoms with Crippen molar-refractivity contribution in [2.75, 3.05) is 13.4 Å². The third-order valence-electron chi connectivity index (χ3n) is 3.90.